The average Bonchev–Trinajstić information content (AvgIpc) is 2.34. The lowest BCUT2D eigenvalue weighted by molar-refractivity contribution is -0.135. The Kier molecular flexibility index (Phi) is 5.14. The van der Waals surface area contributed by atoms with Gasteiger partial charge in [-0.2, -0.15) is 13.2 Å². The van der Waals surface area contributed by atoms with Crippen molar-refractivity contribution in [3.63, 3.8) is 0 Å². The molecule has 0 aromatic heterocycles. The molecule has 0 fully saturated rings. The van der Waals surface area contributed by atoms with Gasteiger partial charge in [-0.25, -0.2) is 0 Å². The van der Waals surface area contributed by atoms with Crippen LogP contribution < -0.4 is 9.47 Å². The topological polar surface area (TPSA) is 18.5 Å². The third-order valence-electron chi connectivity index (χ3n) is 2.45. The minimum atomic E-state index is -4.19. The number of hydrogen-bond donors (Lipinski definition) is 0. The molecule has 0 spiro atoms. The summed E-state index contributed by atoms with van der Waals surface area (Å²) in [6.45, 7) is 0. The van der Waals surface area contributed by atoms with Crippen LogP contribution in [0.25, 0.3) is 0 Å². The summed E-state index contributed by atoms with van der Waals surface area (Å²) in [7, 11) is 2.94. The van der Waals surface area contributed by atoms with E-state index in [1.165, 1.54) is 14.2 Å². The molecule has 0 aliphatic rings. The van der Waals surface area contributed by atoms with E-state index >= 15 is 0 Å². The van der Waals surface area contributed by atoms with Gasteiger partial charge in [0.1, 0.15) is 0 Å². The van der Waals surface area contributed by atoms with Crippen molar-refractivity contribution < 1.29 is 22.6 Å². The van der Waals surface area contributed by atoms with Crippen LogP contribution in [0.1, 0.15) is 23.8 Å². The van der Waals surface area contributed by atoms with Gasteiger partial charge in [-0.1, -0.05) is 6.07 Å². The Hall–Kier alpha value is -1.10. The molecule has 0 saturated heterocycles. The molecule has 2 nitrogen and oxygen atoms in total. The van der Waals surface area contributed by atoms with Crippen molar-refractivity contribution in [3.8, 4) is 11.5 Å². The molecule has 0 bridgehead atoms. The zero-order valence-corrected chi connectivity index (χ0v) is 10.8. The first-order valence-electron chi connectivity index (χ1n) is 5.30. The van der Waals surface area contributed by atoms with E-state index in [1.807, 2.05) is 0 Å². The fourth-order valence-electron chi connectivity index (χ4n) is 1.50. The lowest BCUT2D eigenvalue weighted by Gasteiger charge is -2.14. The van der Waals surface area contributed by atoms with E-state index in [9.17, 15) is 13.2 Å². The molecule has 0 amide bonds. The Bertz CT molecular complexity index is 393. The van der Waals surface area contributed by atoms with Gasteiger partial charge >= 0.3 is 6.18 Å². The van der Waals surface area contributed by atoms with E-state index in [0.717, 1.165) is 0 Å². The first kappa shape index (κ1) is 15.0. The van der Waals surface area contributed by atoms with E-state index in [-0.39, 0.29) is 6.42 Å². The molecule has 0 radical (unpaired) electrons. The van der Waals surface area contributed by atoms with Crippen LogP contribution in [0.2, 0.25) is 0 Å². The normalized spacial score (nSPS) is 13.2. The van der Waals surface area contributed by atoms with Gasteiger partial charge in [-0.15, -0.1) is 11.6 Å². The average molecular weight is 283 g/mol. The third-order valence-corrected chi connectivity index (χ3v) is 2.92. The summed E-state index contributed by atoms with van der Waals surface area (Å²) in [6.07, 6.45) is -5.26. The number of methoxy groups -OCH3 is 2. The van der Waals surface area contributed by atoms with Crippen LogP contribution in [0.15, 0.2) is 18.2 Å². The highest BCUT2D eigenvalue weighted by atomic mass is 35.5. The van der Waals surface area contributed by atoms with Crippen LogP contribution in [0, 0.1) is 0 Å². The summed E-state index contributed by atoms with van der Waals surface area (Å²) in [5, 5.41) is -0.702. The van der Waals surface area contributed by atoms with E-state index in [2.05, 4.69) is 0 Å². The minimum absolute atomic E-state index is 0.166. The number of halogens is 4. The highest BCUT2D eigenvalue weighted by Gasteiger charge is 2.28. The molecular formula is C12H14ClF3O2. The largest absolute Gasteiger partial charge is 0.493 e. The fraction of sp³-hybridized carbons (Fsp3) is 0.500. The second kappa shape index (κ2) is 6.18. The first-order valence-corrected chi connectivity index (χ1v) is 5.73. The molecule has 102 valence electrons. The molecule has 1 aromatic rings. The second-order valence-electron chi connectivity index (χ2n) is 3.74. The van der Waals surface area contributed by atoms with Crippen LogP contribution in [0.3, 0.4) is 0 Å². The van der Waals surface area contributed by atoms with Crippen molar-refractivity contribution in [2.45, 2.75) is 24.4 Å². The van der Waals surface area contributed by atoms with Crippen molar-refractivity contribution in [1.29, 1.82) is 0 Å². The van der Waals surface area contributed by atoms with E-state index < -0.39 is 18.0 Å². The lowest BCUT2D eigenvalue weighted by atomic mass is 10.1. The van der Waals surface area contributed by atoms with Gasteiger partial charge in [0.25, 0.3) is 0 Å². The van der Waals surface area contributed by atoms with Crippen molar-refractivity contribution >= 4 is 11.6 Å². The monoisotopic (exact) mass is 282 g/mol. The molecule has 0 N–H and O–H groups in total. The van der Waals surface area contributed by atoms with Crippen molar-refractivity contribution in [1.82, 2.24) is 0 Å². The predicted molar refractivity (Wildman–Crippen MR) is 63.4 cm³/mol. The van der Waals surface area contributed by atoms with E-state index in [4.69, 9.17) is 21.1 Å². The molecule has 1 unspecified atom stereocenters. The molecule has 0 heterocycles. The van der Waals surface area contributed by atoms with Crippen LogP contribution in [-0.2, 0) is 0 Å². The molecule has 0 saturated carbocycles. The van der Waals surface area contributed by atoms with Crippen molar-refractivity contribution in [2.24, 2.45) is 0 Å². The number of rotatable bonds is 5. The second-order valence-corrected chi connectivity index (χ2v) is 4.26. The van der Waals surface area contributed by atoms with E-state index in [1.54, 1.807) is 18.2 Å². The van der Waals surface area contributed by atoms with E-state index in [0.29, 0.717) is 17.1 Å². The van der Waals surface area contributed by atoms with Crippen LogP contribution in [0.5, 0.6) is 11.5 Å². The van der Waals surface area contributed by atoms with Gasteiger partial charge in [0.2, 0.25) is 0 Å². The maximum atomic E-state index is 12.1. The highest BCUT2D eigenvalue weighted by Crippen LogP contribution is 2.36. The summed E-state index contributed by atoms with van der Waals surface area (Å²) in [5.41, 5.74) is 0.582. The molecule has 18 heavy (non-hydrogen) atoms. The van der Waals surface area contributed by atoms with Gasteiger partial charge in [0, 0.05) is 6.42 Å². The van der Waals surface area contributed by atoms with Gasteiger partial charge in [0.05, 0.1) is 19.6 Å². The standard InChI is InChI=1S/C12H14ClF3O2/c1-17-10-4-3-8(7-11(10)18-2)9(13)5-6-12(14,15)16/h3-4,7,9H,5-6H2,1-2H3. The first-order chi connectivity index (χ1) is 8.37. The quantitative estimate of drug-likeness (QED) is 0.749. The molecule has 6 heteroatoms. The Balaban J connectivity index is 2.77. The molecule has 1 atom stereocenters. The predicted octanol–water partition coefficient (Wildman–Crippen LogP) is 4.33. The summed E-state index contributed by atoms with van der Waals surface area (Å²) in [6, 6.07) is 4.85. The minimum Gasteiger partial charge on any atom is -0.493 e. The van der Waals surface area contributed by atoms with Gasteiger partial charge in [0.15, 0.2) is 11.5 Å². The molecule has 1 aromatic carbocycles. The van der Waals surface area contributed by atoms with Crippen molar-refractivity contribution in [2.75, 3.05) is 14.2 Å². The Labute approximate surface area is 109 Å². The Morgan fingerprint density at radius 3 is 2.28 bits per heavy atom. The smallest absolute Gasteiger partial charge is 0.389 e. The van der Waals surface area contributed by atoms with Gasteiger partial charge in [-0.05, 0) is 24.1 Å². The summed E-state index contributed by atoms with van der Waals surface area (Å²) in [5.74, 6) is 0.966. The molecule has 1 rings (SSSR count). The molecular weight excluding hydrogens is 269 g/mol. The maximum absolute atomic E-state index is 12.1. The number of alkyl halides is 4. The Morgan fingerprint density at radius 1 is 1.17 bits per heavy atom. The number of benzene rings is 1. The van der Waals surface area contributed by atoms with Gasteiger partial charge in [-0.3, -0.25) is 0 Å². The SMILES string of the molecule is COc1ccc(C(Cl)CCC(F)(F)F)cc1OC. The highest BCUT2D eigenvalue weighted by molar-refractivity contribution is 6.20. The zero-order valence-electron chi connectivity index (χ0n) is 10.1. The number of hydrogen-bond acceptors (Lipinski definition) is 2. The zero-order chi connectivity index (χ0) is 13.8. The molecule has 0 aliphatic heterocycles. The summed E-state index contributed by atoms with van der Waals surface area (Å²) >= 11 is 5.94. The van der Waals surface area contributed by atoms with Gasteiger partial charge < -0.3 is 9.47 Å². The van der Waals surface area contributed by atoms with Crippen LogP contribution in [0.4, 0.5) is 13.2 Å². The fourth-order valence-corrected chi connectivity index (χ4v) is 1.75. The van der Waals surface area contributed by atoms with Crippen molar-refractivity contribution in [3.05, 3.63) is 23.8 Å². The molecule has 0 aliphatic carbocycles. The lowest BCUT2D eigenvalue weighted by Crippen LogP contribution is -2.08. The number of ether oxygens (including phenoxy) is 2. The maximum Gasteiger partial charge on any atom is 0.389 e. The third kappa shape index (κ3) is 4.29. The summed E-state index contributed by atoms with van der Waals surface area (Å²) in [4.78, 5) is 0. The Morgan fingerprint density at radius 2 is 1.78 bits per heavy atom. The summed E-state index contributed by atoms with van der Waals surface area (Å²) < 4.78 is 46.4. The van der Waals surface area contributed by atoms with Crippen LogP contribution >= 0.6 is 11.6 Å². The van der Waals surface area contributed by atoms with Crippen LogP contribution in [-0.4, -0.2) is 20.4 Å².